The number of hydrogen-bond donors (Lipinski definition) is 1. The Hall–Kier alpha value is 0.457. The van der Waals surface area contributed by atoms with Crippen molar-refractivity contribution in [1.29, 1.82) is 0 Å². The number of aliphatic hydroxyl groups excluding tert-OH is 1. The molecule has 0 radical (unpaired) electrons. The Morgan fingerprint density at radius 3 is 2.30 bits per heavy atom. The van der Waals surface area contributed by atoms with Crippen LogP contribution in [0.5, 0.6) is 0 Å². The van der Waals surface area contributed by atoms with Crippen molar-refractivity contribution >= 4 is 31.6 Å². The predicted octanol–water partition coefficient (Wildman–Crippen LogP) is 6.23. The molecule has 0 amide bonds. The second-order valence-corrected chi connectivity index (χ2v) is 15.1. The normalized spacial score (nSPS) is 19.9. The Labute approximate surface area is 135 Å². The first-order valence-electron chi connectivity index (χ1n) is 7.84. The zero-order valence-electron chi connectivity index (χ0n) is 14.1. The summed E-state index contributed by atoms with van der Waals surface area (Å²) in [5.74, 6) is 2.57. The molecule has 1 saturated heterocycles. The number of hydrogen-bond acceptors (Lipinski definition) is 3. The fraction of sp³-hybridized carbons (Fsp3) is 0.875. The van der Waals surface area contributed by atoms with E-state index in [-0.39, 0.29) is 5.04 Å². The number of aliphatic hydroxyl groups is 1. The van der Waals surface area contributed by atoms with Crippen LogP contribution in [0.3, 0.4) is 0 Å². The average Bonchev–Trinajstić information content (AvgIpc) is 2.38. The summed E-state index contributed by atoms with van der Waals surface area (Å²) in [7, 11) is -1.79. The molecule has 0 aliphatic carbocycles. The van der Waals surface area contributed by atoms with E-state index in [4.69, 9.17) is 0 Å². The average molecular weight is 333 g/mol. The molecule has 1 heterocycles. The van der Waals surface area contributed by atoms with E-state index in [1.165, 1.54) is 36.3 Å². The molecule has 20 heavy (non-hydrogen) atoms. The van der Waals surface area contributed by atoms with Crippen molar-refractivity contribution in [3.8, 4) is 0 Å². The molecule has 0 spiro atoms. The fourth-order valence-electron chi connectivity index (χ4n) is 2.79. The quantitative estimate of drug-likeness (QED) is 0.459. The van der Waals surface area contributed by atoms with Gasteiger partial charge in [-0.05, 0) is 41.9 Å². The van der Waals surface area contributed by atoms with Gasteiger partial charge in [0.1, 0.15) is 8.07 Å². The lowest BCUT2D eigenvalue weighted by Gasteiger charge is -2.40. The van der Waals surface area contributed by atoms with E-state index < -0.39 is 8.07 Å². The highest BCUT2D eigenvalue weighted by Crippen LogP contribution is 2.46. The third kappa shape index (κ3) is 4.47. The van der Waals surface area contributed by atoms with Gasteiger partial charge in [-0.25, -0.2) is 0 Å². The van der Waals surface area contributed by atoms with Crippen LogP contribution in [-0.4, -0.2) is 29.3 Å². The van der Waals surface area contributed by atoms with E-state index in [9.17, 15) is 5.11 Å². The molecular weight excluding hydrogens is 300 g/mol. The predicted molar refractivity (Wildman–Crippen MR) is 99.7 cm³/mol. The van der Waals surface area contributed by atoms with Crippen molar-refractivity contribution < 1.29 is 5.11 Å². The molecule has 118 valence electrons. The highest BCUT2D eigenvalue weighted by molar-refractivity contribution is 8.17. The topological polar surface area (TPSA) is 20.2 Å². The van der Waals surface area contributed by atoms with Crippen LogP contribution < -0.4 is 0 Å². The summed E-state index contributed by atoms with van der Waals surface area (Å²) in [5.41, 5.74) is 1.25. The van der Waals surface area contributed by atoms with Gasteiger partial charge < -0.3 is 5.11 Å². The first kappa shape index (κ1) is 18.5. The molecule has 0 unspecified atom stereocenters. The first-order chi connectivity index (χ1) is 9.22. The Bertz CT molecular complexity index is 344. The maximum absolute atomic E-state index is 10.9. The van der Waals surface area contributed by atoms with Gasteiger partial charge in [0.05, 0.1) is 9.96 Å². The Kier molecular flexibility index (Phi) is 7.07. The Morgan fingerprint density at radius 2 is 1.80 bits per heavy atom. The Morgan fingerprint density at radius 1 is 1.25 bits per heavy atom. The molecule has 1 nitrogen and oxygen atoms in total. The summed E-state index contributed by atoms with van der Waals surface area (Å²) in [5, 5.41) is 11.9. The van der Waals surface area contributed by atoms with Gasteiger partial charge in [-0.2, -0.15) is 0 Å². The molecule has 4 heteroatoms. The lowest BCUT2D eigenvalue weighted by molar-refractivity contribution is 0.422. The van der Waals surface area contributed by atoms with Crippen molar-refractivity contribution in [3.63, 3.8) is 0 Å². The standard InChI is InChI=1S/C16H32OS2Si/c1-7-9-16(3,4)20(5,6)15(17)13(2)12-14-18-10-8-11-19-14/h14,17H,7-12H2,1-6H3/b15-13+. The van der Waals surface area contributed by atoms with E-state index in [1.54, 1.807) is 0 Å². The SMILES string of the molecule is CCCC(C)(C)[Si](C)(C)/C(O)=C(\C)CC1SCCCS1. The van der Waals surface area contributed by atoms with E-state index in [0.29, 0.717) is 4.58 Å². The lowest BCUT2D eigenvalue weighted by atomic mass is 10.1. The van der Waals surface area contributed by atoms with Gasteiger partial charge in [0.25, 0.3) is 0 Å². The van der Waals surface area contributed by atoms with Gasteiger partial charge in [0.2, 0.25) is 0 Å². The summed E-state index contributed by atoms with van der Waals surface area (Å²) in [6.07, 6.45) is 4.80. The van der Waals surface area contributed by atoms with Crippen LogP contribution in [0.2, 0.25) is 18.1 Å². The van der Waals surface area contributed by atoms with E-state index in [0.717, 1.165) is 11.8 Å². The molecule has 1 aliphatic heterocycles. The molecule has 1 aliphatic rings. The largest absolute Gasteiger partial charge is 0.517 e. The van der Waals surface area contributed by atoms with Crippen LogP contribution in [0.4, 0.5) is 0 Å². The van der Waals surface area contributed by atoms with Gasteiger partial charge in [-0.3, -0.25) is 0 Å². The maximum Gasteiger partial charge on any atom is 0.130 e. The molecule has 1 fully saturated rings. The van der Waals surface area contributed by atoms with Gasteiger partial charge in [-0.1, -0.05) is 46.7 Å². The fourth-order valence-corrected chi connectivity index (χ4v) is 8.51. The summed E-state index contributed by atoms with van der Waals surface area (Å²) in [6, 6.07) is 0. The van der Waals surface area contributed by atoms with Crippen LogP contribution in [0.25, 0.3) is 0 Å². The molecule has 0 saturated carbocycles. The van der Waals surface area contributed by atoms with E-state index in [1.807, 2.05) is 0 Å². The van der Waals surface area contributed by atoms with Gasteiger partial charge in [-0.15, -0.1) is 23.5 Å². The second kappa shape index (κ2) is 7.64. The van der Waals surface area contributed by atoms with Crippen molar-refractivity contribution in [2.45, 2.75) is 76.1 Å². The molecule has 1 N–H and O–H groups in total. The summed E-state index contributed by atoms with van der Waals surface area (Å²) in [6.45, 7) is 13.8. The highest BCUT2D eigenvalue weighted by Gasteiger charge is 2.42. The number of thioether (sulfide) groups is 2. The minimum Gasteiger partial charge on any atom is -0.517 e. The van der Waals surface area contributed by atoms with Gasteiger partial charge >= 0.3 is 0 Å². The molecule has 0 aromatic rings. The van der Waals surface area contributed by atoms with Crippen LogP contribution in [-0.2, 0) is 0 Å². The van der Waals surface area contributed by atoms with Crippen molar-refractivity contribution in [3.05, 3.63) is 11.0 Å². The van der Waals surface area contributed by atoms with Crippen LogP contribution in [0.15, 0.2) is 11.0 Å². The van der Waals surface area contributed by atoms with Crippen LogP contribution in [0.1, 0.15) is 53.4 Å². The molecule has 0 atom stereocenters. The van der Waals surface area contributed by atoms with Crippen LogP contribution >= 0.6 is 23.5 Å². The zero-order valence-corrected chi connectivity index (χ0v) is 16.7. The number of rotatable bonds is 6. The van der Waals surface area contributed by atoms with E-state index in [2.05, 4.69) is 64.3 Å². The lowest BCUT2D eigenvalue weighted by Crippen LogP contribution is -2.42. The smallest absolute Gasteiger partial charge is 0.130 e. The van der Waals surface area contributed by atoms with Crippen molar-refractivity contribution in [1.82, 2.24) is 0 Å². The molecule has 1 rings (SSSR count). The number of allylic oxidation sites excluding steroid dienone is 1. The summed E-state index contributed by atoms with van der Waals surface area (Å²) in [4.78, 5) is 0. The minimum atomic E-state index is -1.79. The Balaban J connectivity index is 2.82. The monoisotopic (exact) mass is 332 g/mol. The second-order valence-electron chi connectivity index (χ2n) is 7.12. The summed E-state index contributed by atoms with van der Waals surface area (Å²) >= 11 is 4.14. The molecule has 0 bridgehead atoms. The highest BCUT2D eigenvalue weighted by atomic mass is 32.2. The molecular formula is C16H32OS2Si. The van der Waals surface area contributed by atoms with E-state index >= 15 is 0 Å². The molecule has 0 aromatic heterocycles. The third-order valence-corrected chi connectivity index (χ3v) is 13.1. The van der Waals surface area contributed by atoms with Crippen molar-refractivity contribution in [2.24, 2.45) is 0 Å². The third-order valence-electron chi connectivity index (χ3n) is 4.93. The molecule has 0 aromatic carbocycles. The maximum atomic E-state index is 10.9. The van der Waals surface area contributed by atoms with Gasteiger partial charge in [0, 0.05) is 0 Å². The summed E-state index contributed by atoms with van der Waals surface area (Å²) < 4.78 is 0.657. The van der Waals surface area contributed by atoms with Crippen molar-refractivity contribution in [2.75, 3.05) is 11.5 Å². The minimum absolute atomic E-state index is 0.264. The zero-order chi connectivity index (χ0) is 15.4. The first-order valence-corrected chi connectivity index (χ1v) is 12.9. The van der Waals surface area contributed by atoms with Crippen LogP contribution in [0, 0.1) is 0 Å². The van der Waals surface area contributed by atoms with Gasteiger partial charge in [0.15, 0.2) is 0 Å².